The van der Waals surface area contributed by atoms with Gasteiger partial charge in [-0.3, -0.25) is 14.5 Å². The second-order valence-corrected chi connectivity index (χ2v) is 5.62. The topological polar surface area (TPSA) is 86.7 Å². The van der Waals surface area contributed by atoms with Crippen molar-refractivity contribution in [2.24, 2.45) is 0 Å². The molecule has 0 unspecified atom stereocenters. The Morgan fingerprint density at radius 3 is 2.61 bits per heavy atom. The van der Waals surface area contributed by atoms with Crippen LogP contribution in [0.25, 0.3) is 6.08 Å². The van der Waals surface area contributed by atoms with Crippen LogP contribution in [0.3, 0.4) is 0 Å². The van der Waals surface area contributed by atoms with Crippen LogP contribution in [-0.2, 0) is 9.59 Å². The van der Waals surface area contributed by atoms with E-state index in [4.69, 9.17) is 4.74 Å². The Morgan fingerprint density at radius 2 is 2.00 bits per heavy atom. The van der Waals surface area contributed by atoms with Crippen LogP contribution >= 0.6 is 11.8 Å². The molecule has 1 aromatic rings. The van der Waals surface area contributed by atoms with Gasteiger partial charge in [-0.1, -0.05) is 24.8 Å². The summed E-state index contributed by atoms with van der Waals surface area (Å²) in [6.45, 7) is 3.78. The maximum absolute atomic E-state index is 12.1. The number of thioether (sulfide) groups is 1. The summed E-state index contributed by atoms with van der Waals surface area (Å²) in [5.41, 5.74) is 0.737. The average Bonchev–Trinajstić information content (AvgIpc) is 2.78. The molecule has 0 N–H and O–H groups in total. The molecular formula is C16H14NO5S-. The molecule has 120 valence electrons. The number of carbonyl (C=O) groups is 3. The van der Waals surface area contributed by atoms with Crippen molar-refractivity contribution in [3.63, 3.8) is 0 Å². The molecule has 1 aliphatic heterocycles. The van der Waals surface area contributed by atoms with E-state index in [1.807, 2.05) is 0 Å². The quantitative estimate of drug-likeness (QED) is 0.554. The molecule has 7 heteroatoms. The third kappa shape index (κ3) is 4.46. The number of aliphatic carboxylic acids is 1. The van der Waals surface area contributed by atoms with Gasteiger partial charge < -0.3 is 14.6 Å². The average molecular weight is 332 g/mol. The molecule has 0 atom stereocenters. The van der Waals surface area contributed by atoms with Gasteiger partial charge in [0.25, 0.3) is 11.1 Å². The number of hydrogen-bond acceptors (Lipinski definition) is 6. The van der Waals surface area contributed by atoms with Crippen LogP contribution in [0.1, 0.15) is 12.0 Å². The highest BCUT2D eigenvalue weighted by Gasteiger charge is 2.34. The number of carboxylic acid groups (broad SMARTS) is 1. The van der Waals surface area contributed by atoms with Crippen LogP contribution in [0, 0.1) is 0 Å². The SMILES string of the molecule is C=CCOc1ccc(/C=C2\SC(=O)N(CCC(=O)[O-])C2=O)cc1. The lowest BCUT2D eigenvalue weighted by Gasteiger charge is -2.12. The van der Waals surface area contributed by atoms with Crippen molar-refractivity contribution in [2.45, 2.75) is 6.42 Å². The summed E-state index contributed by atoms with van der Waals surface area (Å²) in [5, 5.41) is 9.97. The van der Waals surface area contributed by atoms with Crippen LogP contribution in [-0.4, -0.2) is 35.2 Å². The van der Waals surface area contributed by atoms with Gasteiger partial charge in [-0.25, -0.2) is 0 Å². The zero-order chi connectivity index (χ0) is 16.8. The van der Waals surface area contributed by atoms with Gasteiger partial charge in [0, 0.05) is 18.9 Å². The van der Waals surface area contributed by atoms with Crippen LogP contribution in [0.15, 0.2) is 41.8 Å². The Labute approximate surface area is 137 Å². The molecule has 23 heavy (non-hydrogen) atoms. The lowest BCUT2D eigenvalue weighted by molar-refractivity contribution is -0.305. The Morgan fingerprint density at radius 1 is 1.30 bits per heavy atom. The standard InChI is InChI=1S/C16H15NO5S/c1-2-9-22-12-5-3-11(4-6-12)10-13-15(20)17(16(21)23-13)8-7-14(18)19/h2-6,10H,1,7-9H2,(H,18,19)/p-1/b13-10-. The summed E-state index contributed by atoms with van der Waals surface area (Å²) < 4.78 is 5.35. The summed E-state index contributed by atoms with van der Waals surface area (Å²) in [4.78, 5) is 35.5. The minimum atomic E-state index is -1.30. The second kappa shape index (κ2) is 7.64. The Bertz CT molecular complexity index is 666. The number of carbonyl (C=O) groups excluding carboxylic acids is 3. The summed E-state index contributed by atoms with van der Waals surface area (Å²) in [5.74, 6) is -1.12. The Balaban J connectivity index is 2.07. The van der Waals surface area contributed by atoms with E-state index in [9.17, 15) is 19.5 Å². The zero-order valence-electron chi connectivity index (χ0n) is 12.2. The molecule has 0 aliphatic carbocycles. The van der Waals surface area contributed by atoms with Gasteiger partial charge in [-0.2, -0.15) is 0 Å². The molecular weight excluding hydrogens is 318 g/mol. The van der Waals surface area contributed by atoms with Gasteiger partial charge in [0.05, 0.1) is 4.91 Å². The molecule has 0 spiro atoms. The second-order valence-electron chi connectivity index (χ2n) is 4.62. The van der Waals surface area contributed by atoms with Crippen molar-refractivity contribution in [2.75, 3.05) is 13.2 Å². The molecule has 1 saturated heterocycles. The normalized spacial score (nSPS) is 16.0. The lowest BCUT2D eigenvalue weighted by Crippen LogP contribution is -2.33. The van der Waals surface area contributed by atoms with Gasteiger partial charge in [-0.05, 0) is 35.5 Å². The third-order valence-electron chi connectivity index (χ3n) is 2.96. The molecule has 1 aromatic carbocycles. The highest BCUT2D eigenvalue weighted by molar-refractivity contribution is 8.18. The fraction of sp³-hybridized carbons (Fsp3) is 0.188. The first-order valence-electron chi connectivity index (χ1n) is 6.80. The summed E-state index contributed by atoms with van der Waals surface area (Å²) in [6, 6.07) is 7.01. The van der Waals surface area contributed by atoms with Crippen molar-refractivity contribution in [3.8, 4) is 5.75 Å². The minimum absolute atomic E-state index is 0.182. The molecule has 0 aromatic heterocycles. The molecule has 1 heterocycles. The van der Waals surface area contributed by atoms with E-state index in [2.05, 4.69) is 6.58 Å². The van der Waals surface area contributed by atoms with E-state index in [0.29, 0.717) is 12.4 Å². The number of imide groups is 1. The number of rotatable bonds is 7. The van der Waals surface area contributed by atoms with Crippen molar-refractivity contribution in [3.05, 3.63) is 47.4 Å². The van der Waals surface area contributed by atoms with Gasteiger partial charge in [0.2, 0.25) is 0 Å². The fourth-order valence-corrected chi connectivity index (χ4v) is 2.73. The van der Waals surface area contributed by atoms with Crippen molar-refractivity contribution >= 4 is 35.0 Å². The molecule has 0 radical (unpaired) electrons. The maximum atomic E-state index is 12.1. The van der Waals surface area contributed by atoms with E-state index >= 15 is 0 Å². The van der Waals surface area contributed by atoms with E-state index in [1.165, 1.54) is 0 Å². The Kier molecular flexibility index (Phi) is 5.59. The van der Waals surface area contributed by atoms with Crippen molar-refractivity contribution in [1.82, 2.24) is 4.90 Å². The summed E-state index contributed by atoms with van der Waals surface area (Å²) in [7, 11) is 0. The fourth-order valence-electron chi connectivity index (χ4n) is 1.86. The van der Waals surface area contributed by atoms with E-state index in [1.54, 1.807) is 36.4 Å². The Hall–Kier alpha value is -2.54. The highest BCUT2D eigenvalue weighted by Crippen LogP contribution is 2.32. The van der Waals surface area contributed by atoms with Crippen molar-refractivity contribution < 1.29 is 24.2 Å². The highest BCUT2D eigenvalue weighted by atomic mass is 32.2. The zero-order valence-corrected chi connectivity index (χ0v) is 13.0. The van der Waals surface area contributed by atoms with Crippen LogP contribution in [0.2, 0.25) is 0 Å². The van der Waals surface area contributed by atoms with Crippen LogP contribution in [0.5, 0.6) is 5.75 Å². The smallest absolute Gasteiger partial charge is 0.293 e. The number of ether oxygens (including phenoxy) is 1. The summed E-state index contributed by atoms with van der Waals surface area (Å²) in [6.07, 6.45) is 2.85. The van der Waals surface area contributed by atoms with E-state index < -0.39 is 17.1 Å². The predicted octanol–water partition coefficient (Wildman–Crippen LogP) is 1.43. The molecule has 2 amide bonds. The number of amides is 2. The monoisotopic (exact) mass is 332 g/mol. The molecule has 0 saturated carbocycles. The molecule has 2 rings (SSSR count). The van der Waals surface area contributed by atoms with Gasteiger partial charge >= 0.3 is 0 Å². The number of nitrogens with zero attached hydrogens (tertiary/aromatic N) is 1. The number of benzene rings is 1. The predicted molar refractivity (Wildman–Crippen MR) is 84.4 cm³/mol. The number of hydrogen-bond donors (Lipinski definition) is 0. The lowest BCUT2D eigenvalue weighted by atomic mass is 10.2. The molecule has 6 nitrogen and oxygen atoms in total. The van der Waals surface area contributed by atoms with Gasteiger partial charge in [0.1, 0.15) is 12.4 Å². The molecule has 0 bridgehead atoms. The maximum Gasteiger partial charge on any atom is 0.293 e. The molecule has 1 aliphatic rings. The molecule has 1 fully saturated rings. The largest absolute Gasteiger partial charge is 0.550 e. The van der Waals surface area contributed by atoms with Crippen LogP contribution < -0.4 is 9.84 Å². The van der Waals surface area contributed by atoms with Gasteiger partial charge in [-0.15, -0.1) is 0 Å². The van der Waals surface area contributed by atoms with E-state index in [0.717, 1.165) is 22.2 Å². The first-order chi connectivity index (χ1) is 11.0. The third-order valence-corrected chi connectivity index (χ3v) is 3.87. The first-order valence-corrected chi connectivity index (χ1v) is 7.62. The van der Waals surface area contributed by atoms with Crippen molar-refractivity contribution in [1.29, 1.82) is 0 Å². The number of carboxylic acids is 1. The summed E-state index contributed by atoms with van der Waals surface area (Å²) >= 11 is 0.787. The minimum Gasteiger partial charge on any atom is -0.550 e. The van der Waals surface area contributed by atoms with E-state index in [-0.39, 0.29) is 17.9 Å². The van der Waals surface area contributed by atoms with Crippen LogP contribution in [0.4, 0.5) is 4.79 Å². The van der Waals surface area contributed by atoms with Gasteiger partial charge in [0.15, 0.2) is 0 Å². The first kappa shape index (κ1) is 16.8.